The fourth-order valence-electron chi connectivity index (χ4n) is 2.51. The summed E-state index contributed by atoms with van der Waals surface area (Å²) in [6, 6.07) is 3.51. The number of amides is 1. The molecule has 0 bridgehead atoms. The molecule has 1 N–H and O–H groups in total. The molecule has 0 aromatic carbocycles. The zero-order chi connectivity index (χ0) is 22.0. The van der Waals surface area contributed by atoms with Crippen LogP contribution >= 0.6 is 0 Å². The zero-order valence-corrected chi connectivity index (χ0v) is 18.6. The molecule has 0 saturated carbocycles. The molecular formula is C19H28F3N3O3Si. The van der Waals surface area contributed by atoms with Crippen LogP contribution in [0, 0.1) is 0 Å². The quantitative estimate of drug-likeness (QED) is 0.470. The lowest BCUT2D eigenvalue weighted by atomic mass is 10.2. The van der Waals surface area contributed by atoms with Crippen molar-refractivity contribution in [3.8, 4) is 0 Å². The smallest absolute Gasteiger partial charge is 0.418 e. The summed E-state index contributed by atoms with van der Waals surface area (Å²) in [4.78, 5) is 16.1. The molecule has 29 heavy (non-hydrogen) atoms. The van der Waals surface area contributed by atoms with Crippen molar-refractivity contribution >= 4 is 31.0 Å². The van der Waals surface area contributed by atoms with Crippen molar-refractivity contribution in [1.29, 1.82) is 0 Å². The van der Waals surface area contributed by atoms with Crippen LogP contribution in [0.15, 0.2) is 18.3 Å². The van der Waals surface area contributed by atoms with Crippen LogP contribution in [0.3, 0.4) is 0 Å². The van der Waals surface area contributed by atoms with Crippen LogP contribution in [-0.2, 0) is 22.4 Å². The number of hydrogen-bond donors (Lipinski definition) is 1. The van der Waals surface area contributed by atoms with Gasteiger partial charge in [-0.1, -0.05) is 19.6 Å². The Kier molecular flexibility index (Phi) is 6.68. The van der Waals surface area contributed by atoms with Gasteiger partial charge in [-0.3, -0.25) is 5.32 Å². The molecule has 0 fully saturated rings. The summed E-state index contributed by atoms with van der Waals surface area (Å²) in [6.07, 6.45) is -4.27. The lowest BCUT2D eigenvalue weighted by Gasteiger charge is -2.19. The normalized spacial score (nSPS) is 13.0. The fourth-order valence-corrected chi connectivity index (χ4v) is 3.26. The van der Waals surface area contributed by atoms with Crippen LogP contribution in [0.4, 0.5) is 23.8 Å². The van der Waals surface area contributed by atoms with Crippen molar-refractivity contribution < 1.29 is 27.4 Å². The van der Waals surface area contributed by atoms with Gasteiger partial charge in [-0.25, -0.2) is 9.78 Å². The zero-order valence-electron chi connectivity index (χ0n) is 17.6. The lowest BCUT2D eigenvalue weighted by molar-refractivity contribution is -0.136. The Bertz CT molecular complexity index is 868. The molecule has 2 rings (SSSR count). The van der Waals surface area contributed by atoms with Crippen molar-refractivity contribution in [2.45, 2.75) is 65.0 Å². The number of nitrogens with zero attached hydrogens (tertiary/aromatic N) is 2. The Labute approximate surface area is 169 Å². The predicted octanol–water partition coefficient (Wildman–Crippen LogP) is 5.71. The van der Waals surface area contributed by atoms with E-state index in [-0.39, 0.29) is 23.6 Å². The summed E-state index contributed by atoms with van der Waals surface area (Å²) >= 11 is 0. The Balaban J connectivity index is 2.28. The molecule has 6 nitrogen and oxygen atoms in total. The number of alkyl halides is 3. The molecular weight excluding hydrogens is 403 g/mol. The third-order valence-electron chi connectivity index (χ3n) is 3.88. The van der Waals surface area contributed by atoms with Gasteiger partial charge in [-0.05, 0) is 38.9 Å². The van der Waals surface area contributed by atoms with Gasteiger partial charge >= 0.3 is 12.3 Å². The molecule has 2 aromatic rings. The second kappa shape index (κ2) is 8.35. The highest BCUT2D eigenvalue weighted by molar-refractivity contribution is 6.76. The molecule has 0 spiro atoms. The van der Waals surface area contributed by atoms with E-state index in [1.807, 2.05) is 0 Å². The van der Waals surface area contributed by atoms with Crippen molar-refractivity contribution in [2.24, 2.45) is 0 Å². The summed E-state index contributed by atoms with van der Waals surface area (Å²) < 4.78 is 52.3. The largest absolute Gasteiger partial charge is 0.444 e. The molecule has 0 aliphatic rings. The van der Waals surface area contributed by atoms with Gasteiger partial charge in [0.2, 0.25) is 0 Å². The SMILES string of the molecule is CC(C)(C)OC(=O)Nc1ccc2c(C(F)(F)F)cn(COCC[Si](C)(C)C)c2n1. The average Bonchev–Trinajstić information content (AvgIpc) is 2.87. The highest BCUT2D eigenvalue weighted by Gasteiger charge is 2.35. The molecule has 1 amide bonds. The number of nitrogens with one attached hydrogen (secondary N) is 1. The Morgan fingerprint density at radius 2 is 1.86 bits per heavy atom. The minimum Gasteiger partial charge on any atom is -0.444 e. The van der Waals surface area contributed by atoms with Gasteiger partial charge in [-0.15, -0.1) is 0 Å². The van der Waals surface area contributed by atoms with Crippen LogP contribution in [0.5, 0.6) is 0 Å². The third-order valence-corrected chi connectivity index (χ3v) is 5.59. The second-order valence-corrected chi connectivity index (χ2v) is 14.7. The maximum atomic E-state index is 13.4. The van der Waals surface area contributed by atoms with Crippen LogP contribution < -0.4 is 5.32 Å². The maximum absolute atomic E-state index is 13.4. The predicted molar refractivity (Wildman–Crippen MR) is 109 cm³/mol. The van der Waals surface area contributed by atoms with Crippen LogP contribution in [0.25, 0.3) is 11.0 Å². The molecule has 2 aromatic heterocycles. The number of ether oxygens (including phenoxy) is 2. The Morgan fingerprint density at radius 3 is 2.41 bits per heavy atom. The molecule has 10 heteroatoms. The van der Waals surface area contributed by atoms with Gasteiger partial charge in [0, 0.05) is 26.3 Å². The first kappa shape index (κ1) is 23.2. The lowest BCUT2D eigenvalue weighted by Crippen LogP contribution is -2.27. The van der Waals surface area contributed by atoms with Gasteiger partial charge in [0.1, 0.15) is 23.8 Å². The van der Waals surface area contributed by atoms with Gasteiger partial charge in [0.05, 0.1) is 5.56 Å². The van der Waals surface area contributed by atoms with E-state index < -0.39 is 31.5 Å². The first-order chi connectivity index (χ1) is 13.2. The van der Waals surface area contributed by atoms with E-state index in [4.69, 9.17) is 9.47 Å². The number of halogens is 3. The van der Waals surface area contributed by atoms with Crippen molar-refractivity contribution in [1.82, 2.24) is 9.55 Å². The van der Waals surface area contributed by atoms with Gasteiger partial charge in [0.15, 0.2) is 0 Å². The molecule has 0 atom stereocenters. The summed E-state index contributed by atoms with van der Waals surface area (Å²) in [6.45, 7) is 12.1. The number of carbonyl (C=O) groups excluding carboxylic acids is 1. The molecule has 162 valence electrons. The Hall–Kier alpha value is -2.07. The van der Waals surface area contributed by atoms with Gasteiger partial charge in [-0.2, -0.15) is 13.2 Å². The summed E-state index contributed by atoms with van der Waals surface area (Å²) in [5.74, 6) is 0.0990. The third kappa shape index (κ3) is 7.04. The maximum Gasteiger partial charge on any atom is 0.418 e. The monoisotopic (exact) mass is 431 g/mol. The summed E-state index contributed by atoms with van der Waals surface area (Å²) in [5.41, 5.74) is -1.42. The second-order valence-electron chi connectivity index (χ2n) is 9.05. The molecule has 0 unspecified atom stereocenters. The first-order valence-corrected chi connectivity index (χ1v) is 13.0. The van der Waals surface area contributed by atoms with Crippen molar-refractivity contribution in [3.63, 3.8) is 0 Å². The number of carbonyl (C=O) groups is 1. The van der Waals surface area contributed by atoms with E-state index in [1.54, 1.807) is 20.8 Å². The number of rotatable bonds is 6. The van der Waals surface area contributed by atoms with E-state index in [1.165, 1.54) is 16.7 Å². The first-order valence-electron chi connectivity index (χ1n) is 9.30. The molecule has 0 aliphatic carbocycles. The summed E-state index contributed by atoms with van der Waals surface area (Å²) in [7, 11) is -1.31. The van der Waals surface area contributed by atoms with Crippen molar-refractivity contribution in [2.75, 3.05) is 11.9 Å². The van der Waals surface area contributed by atoms with E-state index in [9.17, 15) is 18.0 Å². The minimum absolute atomic E-state index is 0.0546. The fraction of sp³-hybridized carbons (Fsp3) is 0.579. The number of fused-ring (bicyclic) bond motifs is 1. The van der Waals surface area contributed by atoms with Gasteiger partial charge in [0.25, 0.3) is 0 Å². The molecule has 2 heterocycles. The van der Waals surface area contributed by atoms with E-state index in [0.29, 0.717) is 6.61 Å². The molecule has 0 saturated heterocycles. The number of hydrogen-bond acceptors (Lipinski definition) is 4. The van der Waals surface area contributed by atoms with E-state index in [2.05, 4.69) is 29.9 Å². The molecule has 0 aliphatic heterocycles. The average molecular weight is 432 g/mol. The highest BCUT2D eigenvalue weighted by atomic mass is 28.3. The standard InChI is InChI=1S/C19H28F3N3O3Si/c1-18(2,3)28-17(26)24-15-8-7-13-14(19(20,21)22)11-25(16(13)23-15)12-27-9-10-29(4,5)6/h7-8,11H,9-10,12H2,1-6H3,(H,23,24,26). The van der Waals surface area contributed by atoms with Crippen molar-refractivity contribution in [3.05, 3.63) is 23.9 Å². The van der Waals surface area contributed by atoms with Gasteiger partial charge < -0.3 is 14.0 Å². The summed E-state index contributed by atoms with van der Waals surface area (Å²) in [5, 5.41) is 2.40. The number of aromatic nitrogens is 2. The minimum atomic E-state index is -4.52. The molecule has 0 radical (unpaired) electrons. The number of anilines is 1. The highest BCUT2D eigenvalue weighted by Crippen LogP contribution is 2.36. The van der Waals surface area contributed by atoms with Crippen LogP contribution in [0.1, 0.15) is 26.3 Å². The topological polar surface area (TPSA) is 65.4 Å². The van der Waals surface area contributed by atoms with E-state index in [0.717, 1.165) is 12.2 Å². The van der Waals surface area contributed by atoms with Crippen LogP contribution in [-0.4, -0.2) is 35.9 Å². The Morgan fingerprint density at radius 1 is 1.21 bits per heavy atom. The number of pyridine rings is 1. The van der Waals surface area contributed by atoms with E-state index >= 15 is 0 Å². The van der Waals surface area contributed by atoms with Crippen LogP contribution in [0.2, 0.25) is 25.7 Å².